The second kappa shape index (κ2) is 14.4. The topological polar surface area (TPSA) is 336 Å². The number of nitrogens with zero attached hydrogens (tertiary/aromatic N) is 4. The lowest BCUT2D eigenvalue weighted by Crippen LogP contribution is -2.65. The maximum atomic E-state index is 13.0. The molecule has 1 saturated carbocycles. The van der Waals surface area contributed by atoms with Crippen molar-refractivity contribution in [1.82, 2.24) is 19.5 Å². The number of ether oxygens (including phenoxy) is 6. The zero-order chi connectivity index (χ0) is 37.6. The number of imidazole rings is 1. The van der Waals surface area contributed by atoms with E-state index in [-0.39, 0.29) is 17.0 Å². The number of hydrogen-bond donors (Lipinski definition) is 5. The largest absolute Gasteiger partial charge is 0.483 e. The Morgan fingerprint density at radius 1 is 0.922 bits per heavy atom. The number of hydrogen-bond acceptors (Lipinski definition) is 21. The third-order valence-electron chi connectivity index (χ3n) is 7.87. The first-order valence-electron chi connectivity index (χ1n) is 14.7. The number of carbonyl (C=O) groups is 4. The van der Waals surface area contributed by atoms with Crippen LogP contribution in [-0.4, -0.2) is 119 Å². The van der Waals surface area contributed by atoms with Crippen LogP contribution in [0.2, 0.25) is 0 Å². The average Bonchev–Trinajstić information content (AvgIpc) is 3.59. The van der Waals surface area contributed by atoms with Gasteiger partial charge in [0.1, 0.15) is 48.6 Å². The van der Waals surface area contributed by atoms with E-state index < -0.39 is 113 Å². The molecule has 2 aromatic heterocycles. The molecule has 0 radical (unpaired) electrons. The number of phosphoric acid groups is 2. The molecule has 6 N–H and O–H groups in total. The highest BCUT2D eigenvalue weighted by Crippen LogP contribution is 2.65. The van der Waals surface area contributed by atoms with Gasteiger partial charge in [-0.05, 0) is 0 Å². The fraction of sp³-hybridized carbons (Fsp3) is 0.640. The third kappa shape index (κ3) is 7.90. The van der Waals surface area contributed by atoms with Gasteiger partial charge in [-0.2, -0.15) is 4.31 Å². The number of carbonyl (C=O) groups excluding carboxylic acids is 4. The maximum Gasteiger partial charge on any atom is 0.483 e. The molecule has 51 heavy (non-hydrogen) atoms. The molecule has 282 valence electrons. The molecule has 2 saturated heterocycles. The van der Waals surface area contributed by atoms with Gasteiger partial charge >= 0.3 is 39.5 Å². The number of nitrogens with two attached hydrogens (primary N) is 1. The number of aliphatic hydroxyl groups excluding tert-OH is 2. The lowest BCUT2D eigenvalue weighted by atomic mass is 9.89. The Morgan fingerprint density at radius 2 is 1.59 bits per heavy atom. The highest BCUT2D eigenvalue weighted by molar-refractivity contribution is 7.61. The van der Waals surface area contributed by atoms with Gasteiger partial charge in [-0.3, -0.25) is 32.8 Å². The highest BCUT2D eigenvalue weighted by Gasteiger charge is 2.78. The Kier molecular flexibility index (Phi) is 10.9. The molecule has 2 aromatic rings. The number of aliphatic hydroxyl groups is 2. The van der Waals surface area contributed by atoms with Crippen molar-refractivity contribution in [2.45, 2.75) is 76.5 Å². The Bertz CT molecular complexity index is 1790. The molecule has 3 fully saturated rings. The van der Waals surface area contributed by atoms with E-state index in [1.165, 1.54) is 10.9 Å². The number of rotatable bonds is 13. The van der Waals surface area contributed by atoms with Gasteiger partial charge in [0.05, 0.1) is 12.9 Å². The zero-order valence-corrected chi connectivity index (χ0v) is 28.7. The minimum Gasteiger partial charge on any atom is -0.465 e. The summed E-state index contributed by atoms with van der Waals surface area (Å²) < 4.78 is 73.2. The number of esters is 4. The van der Waals surface area contributed by atoms with Gasteiger partial charge < -0.3 is 54.2 Å². The minimum absolute atomic E-state index is 0.0194. The first kappa shape index (κ1) is 38.6. The SMILES string of the molecule is CC(=O)OCC1[C@@H](OC(C)=O)C(OC(C)=O)C2[C@H](OP(=O)(O)OP(=O)(O)OC[C@H]3O[C@@H](n4cnc5c(N)ncnc54)C(O)C3O)OC21OC(C)=O. The van der Waals surface area contributed by atoms with Crippen molar-refractivity contribution in [3.8, 4) is 0 Å². The summed E-state index contributed by atoms with van der Waals surface area (Å²) in [5, 5.41) is 21.1. The Balaban J connectivity index is 1.29. The second-order valence-corrected chi connectivity index (χ2v) is 14.4. The predicted molar refractivity (Wildman–Crippen MR) is 158 cm³/mol. The van der Waals surface area contributed by atoms with Gasteiger partial charge in [0.2, 0.25) is 5.79 Å². The van der Waals surface area contributed by atoms with E-state index in [4.69, 9.17) is 43.2 Å². The molecular weight excluding hydrogens is 736 g/mol. The lowest BCUT2D eigenvalue weighted by molar-refractivity contribution is -0.422. The summed E-state index contributed by atoms with van der Waals surface area (Å²) in [5.41, 5.74) is 6.05. The van der Waals surface area contributed by atoms with Crippen LogP contribution in [0.3, 0.4) is 0 Å². The molecule has 24 nitrogen and oxygen atoms in total. The molecule has 5 rings (SSSR count). The summed E-state index contributed by atoms with van der Waals surface area (Å²) in [6.45, 7) is 2.36. The van der Waals surface area contributed by atoms with Crippen molar-refractivity contribution >= 4 is 56.5 Å². The van der Waals surface area contributed by atoms with Crippen molar-refractivity contribution in [3.63, 3.8) is 0 Å². The predicted octanol–water partition coefficient (Wildman–Crippen LogP) is -1.43. The van der Waals surface area contributed by atoms with Crippen LogP contribution in [0.15, 0.2) is 12.7 Å². The third-order valence-corrected chi connectivity index (χ3v) is 10.5. The summed E-state index contributed by atoms with van der Waals surface area (Å²) >= 11 is 0. The van der Waals surface area contributed by atoms with E-state index in [0.717, 1.165) is 34.0 Å². The van der Waals surface area contributed by atoms with E-state index in [9.17, 15) is 48.3 Å². The van der Waals surface area contributed by atoms with Crippen molar-refractivity contribution in [2.75, 3.05) is 18.9 Å². The van der Waals surface area contributed by atoms with Crippen LogP contribution in [0.4, 0.5) is 5.82 Å². The summed E-state index contributed by atoms with van der Waals surface area (Å²) in [6, 6.07) is 0. The average molecular weight is 770 g/mol. The van der Waals surface area contributed by atoms with Crippen LogP contribution >= 0.6 is 15.6 Å². The van der Waals surface area contributed by atoms with Gasteiger partial charge in [-0.15, -0.1) is 0 Å². The molecule has 8 unspecified atom stereocenters. The van der Waals surface area contributed by atoms with Gasteiger partial charge in [0, 0.05) is 27.7 Å². The monoisotopic (exact) mass is 769 g/mol. The van der Waals surface area contributed by atoms with Gasteiger partial charge in [-0.1, -0.05) is 0 Å². The fourth-order valence-electron chi connectivity index (χ4n) is 6.03. The fourth-order valence-corrected chi connectivity index (χ4v) is 8.18. The normalized spacial score (nSPS) is 33.7. The number of anilines is 1. The van der Waals surface area contributed by atoms with E-state index in [1.54, 1.807) is 0 Å². The smallest absolute Gasteiger partial charge is 0.465 e. The minimum atomic E-state index is -5.71. The Hall–Kier alpha value is -3.67. The van der Waals surface area contributed by atoms with Crippen molar-refractivity contribution in [2.24, 2.45) is 11.8 Å². The molecule has 26 heteroatoms. The molecule has 1 aliphatic carbocycles. The Morgan fingerprint density at radius 3 is 2.22 bits per heavy atom. The molecule has 12 atom stereocenters. The molecule has 0 amide bonds. The van der Waals surface area contributed by atoms with Crippen molar-refractivity contribution in [1.29, 1.82) is 0 Å². The molecule has 0 spiro atoms. The summed E-state index contributed by atoms with van der Waals surface area (Å²) in [7, 11) is -11.3. The summed E-state index contributed by atoms with van der Waals surface area (Å²) in [4.78, 5) is 80.4. The van der Waals surface area contributed by atoms with Crippen LogP contribution < -0.4 is 5.73 Å². The zero-order valence-electron chi connectivity index (χ0n) is 26.9. The van der Waals surface area contributed by atoms with Crippen LogP contribution in [0, 0.1) is 11.8 Å². The van der Waals surface area contributed by atoms with Crippen molar-refractivity contribution < 1.29 is 90.1 Å². The van der Waals surface area contributed by atoms with Crippen molar-refractivity contribution in [3.05, 3.63) is 12.7 Å². The number of phosphoric ester groups is 2. The van der Waals surface area contributed by atoms with E-state index in [2.05, 4.69) is 19.3 Å². The first-order valence-corrected chi connectivity index (χ1v) is 17.7. The maximum absolute atomic E-state index is 13.0. The lowest BCUT2D eigenvalue weighted by Gasteiger charge is -2.51. The molecule has 3 aliphatic rings. The van der Waals surface area contributed by atoms with Gasteiger partial charge in [0.15, 0.2) is 36.2 Å². The van der Waals surface area contributed by atoms with Crippen LogP contribution in [0.5, 0.6) is 0 Å². The number of nitrogen functional groups attached to an aromatic ring is 1. The Labute approximate surface area is 286 Å². The van der Waals surface area contributed by atoms with Crippen LogP contribution in [0.25, 0.3) is 11.2 Å². The highest BCUT2D eigenvalue weighted by atomic mass is 31.3. The molecule has 0 aromatic carbocycles. The number of aromatic nitrogens is 4. The summed E-state index contributed by atoms with van der Waals surface area (Å²) in [5.74, 6) is -8.83. The molecule has 0 bridgehead atoms. The molecule has 2 aliphatic heterocycles. The first-order chi connectivity index (χ1) is 23.7. The van der Waals surface area contributed by atoms with Gasteiger partial charge in [0.25, 0.3) is 0 Å². The second-order valence-electron chi connectivity index (χ2n) is 11.4. The van der Waals surface area contributed by atoms with Crippen LogP contribution in [0.1, 0.15) is 33.9 Å². The van der Waals surface area contributed by atoms with E-state index >= 15 is 0 Å². The number of fused-ring (bicyclic) bond motifs is 2. The van der Waals surface area contributed by atoms with E-state index in [1.807, 2.05) is 0 Å². The molecule has 4 heterocycles. The quantitative estimate of drug-likeness (QED) is 0.0885. The van der Waals surface area contributed by atoms with Crippen LogP contribution in [-0.2, 0) is 70.1 Å². The summed E-state index contributed by atoms with van der Waals surface area (Å²) in [6.07, 6.45) is -9.07. The van der Waals surface area contributed by atoms with Gasteiger partial charge in [-0.25, -0.2) is 24.1 Å². The standard InChI is InChI=1S/C25H33N5O19P2/c1-9(31)41-5-13-19(43-10(2)32)20(44-11(3)33)15-24(47-25(13,15)46-12(4)34)48-51(39,40)49-50(37,38)42-6-14-17(35)18(36)23(45-14)30-8-29-16-21(26)27-7-28-22(16)30/h7-8,13-15,17-20,23-24,35-36H,5-6H2,1-4H3,(H,37,38)(H,39,40)(H2,26,27,28)/t13?,14-,15?,17?,18?,19-,20?,23-,24+,25?/m1/s1. The molecular formula is C25H33N5O19P2. The van der Waals surface area contributed by atoms with E-state index in [0.29, 0.717) is 0 Å².